The van der Waals surface area contributed by atoms with Crippen molar-refractivity contribution in [3.63, 3.8) is 0 Å². The molecular weight excluding hydrogens is 707 g/mol. The average Bonchev–Trinajstić information content (AvgIpc) is 3.31. The Hall–Kier alpha value is -3.59. The molecule has 52 heavy (non-hydrogen) atoms. The summed E-state index contributed by atoms with van der Waals surface area (Å²) in [4.78, 5) is 18.7. The maximum absolute atomic E-state index is 15.5. The molecule has 2 atom stereocenters. The Morgan fingerprint density at radius 3 is 2.27 bits per heavy atom. The van der Waals surface area contributed by atoms with Crippen LogP contribution in [-0.2, 0) is 15.3 Å². The molecule has 0 bridgehead atoms. The van der Waals surface area contributed by atoms with Gasteiger partial charge < -0.3 is 13.9 Å². The lowest BCUT2D eigenvalue weighted by Crippen LogP contribution is -2.54. The van der Waals surface area contributed by atoms with E-state index >= 15 is 4.39 Å². The number of aromatic nitrogens is 3. The van der Waals surface area contributed by atoms with Crippen LogP contribution in [0.25, 0.3) is 16.5 Å². The third-order valence-electron chi connectivity index (χ3n) is 10.2. The van der Waals surface area contributed by atoms with Crippen molar-refractivity contribution in [2.45, 2.75) is 135 Å². The molecule has 1 aliphatic carbocycles. The van der Waals surface area contributed by atoms with Gasteiger partial charge in [-0.15, -0.1) is 5.10 Å². The third-order valence-corrected chi connectivity index (χ3v) is 14.8. The van der Waals surface area contributed by atoms with Gasteiger partial charge in [-0.25, -0.2) is 13.6 Å². The van der Waals surface area contributed by atoms with Crippen LogP contribution in [0.1, 0.15) is 104 Å². The zero-order chi connectivity index (χ0) is 38.8. The van der Waals surface area contributed by atoms with E-state index < -0.39 is 67.9 Å². The fourth-order valence-electron chi connectivity index (χ4n) is 6.74. The fraction of sp³-hybridized carbons (Fsp3) is 0.595. The molecule has 1 saturated carbocycles. The molecule has 0 spiro atoms. The summed E-state index contributed by atoms with van der Waals surface area (Å²) in [6.45, 7) is 19.0. The van der Waals surface area contributed by atoms with Gasteiger partial charge in [0.1, 0.15) is 23.7 Å². The number of hydrogen-bond acceptors (Lipinski definition) is 6. The van der Waals surface area contributed by atoms with E-state index in [4.69, 9.17) is 13.9 Å². The molecule has 3 aromatic rings. The van der Waals surface area contributed by atoms with Crippen molar-refractivity contribution in [3.8, 4) is 5.75 Å². The number of hydrogen-bond donors (Lipinski definition) is 0. The first kappa shape index (κ1) is 39.6. The van der Waals surface area contributed by atoms with Crippen LogP contribution in [-0.4, -0.2) is 64.0 Å². The van der Waals surface area contributed by atoms with Crippen LogP contribution in [0.15, 0.2) is 36.5 Å². The number of carbonyl (C=O) groups excluding carboxylic acids is 1. The molecule has 1 aliphatic heterocycles. The average molecular weight is 755 g/mol. The van der Waals surface area contributed by atoms with Crippen molar-refractivity contribution >= 4 is 30.9 Å². The smallest absolute Gasteiger partial charge is 0.418 e. The molecule has 15 heteroatoms. The lowest BCUT2D eigenvalue weighted by Gasteiger charge is -2.51. The van der Waals surface area contributed by atoms with E-state index in [1.54, 1.807) is 33.8 Å². The highest BCUT2D eigenvalue weighted by Gasteiger charge is 2.50. The van der Waals surface area contributed by atoms with Crippen molar-refractivity contribution in [1.29, 1.82) is 0 Å². The fourth-order valence-corrected chi connectivity index (χ4v) is 8.44. The molecule has 1 amide bonds. The molecule has 3 heterocycles. The number of ether oxygens (including phenoxy) is 2. The van der Waals surface area contributed by atoms with Gasteiger partial charge in [0.15, 0.2) is 8.32 Å². The molecule has 0 saturated heterocycles. The van der Waals surface area contributed by atoms with E-state index in [-0.39, 0.29) is 34.0 Å². The number of pyridine rings is 1. The van der Waals surface area contributed by atoms with Gasteiger partial charge in [-0.05, 0) is 101 Å². The van der Waals surface area contributed by atoms with E-state index in [1.807, 2.05) is 6.92 Å². The second kappa shape index (κ2) is 13.7. The van der Waals surface area contributed by atoms with Gasteiger partial charge in [0, 0.05) is 12.2 Å². The van der Waals surface area contributed by atoms with Gasteiger partial charge in [0.25, 0.3) is 6.43 Å². The van der Waals surface area contributed by atoms with Crippen molar-refractivity contribution in [2.24, 2.45) is 0 Å². The molecule has 5 rings (SSSR count). The number of fused-ring (bicyclic) bond motifs is 1. The number of rotatable bonds is 8. The summed E-state index contributed by atoms with van der Waals surface area (Å²) in [5, 5.41) is 3.54. The van der Waals surface area contributed by atoms with Crippen LogP contribution in [0, 0.1) is 5.95 Å². The van der Waals surface area contributed by atoms with E-state index in [9.17, 15) is 26.7 Å². The van der Waals surface area contributed by atoms with Crippen LogP contribution in [0.5, 0.6) is 5.75 Å². The highest BCUT2D eigenvalue weighted by molar-refractivity contribution is 6.74. The molecule has 0 N–H and O–H groups in total. The number of amides is 1. The molecule has 0 unspecified atom stereocenters. The second-order valence-corrected chi connectivity index (χ2v) is 21.5. The maximum atomic E-state index is 15.5. The first-order chi connectivity index (χ1) is 23.8. The minimum Gasteiger partial charge on any atom is -0.491 e. The monoisotopic (exact) mass is 754 g/mol. The Morgan fingerprint density at radius 2 is 1.73 bits per heavy atom. The van der Waals surface area contributed by atoms with Crippen LogP contribution >= 0.6 is 0 Å². The highest BCUT2D eigenvalue weighted by Crippen LogP contribution is 2.51. The Balaban J connectivity index is 1.46. The molecule has 0 radical (unpaired) electrons. The summed E-state index contributed by atoms with van der Waals surface area (Å²) in [6, 6.07) is 2.90. The number of nitrogens with zero attached hydrogens (tertiary/aromatic N) is 4. The van der Waals surface area contributed by atoms with E-state index in [0.717, 1.165) is 10.7 Å². The standard InChI is InChI=1S/C37H48F6N4O4Si/c1-21-13-23(22-11-12-29(31(38)39)44-19-22)14-24(46(21)33(48)50-34(2,3)4)20-49-26-15-27-30(28(16-26)37(41,42)43)47(45-32(27)40)25-17-36(8,18-25)51-52(9,10)35(5,6)7/h11-12,14-16,19,21,24-25,31H,13,17-18,20H2,1-10H3/t21-,24-,25?,36?/m0/s1. The Bertz CT molecular complexity index is 1820. The largest absolute Gasteiger partial charge is 0.491 e. The molecule has 8 nitrogen and oxygen atoms in total. The highest BCUT2D eigenvalue weighted by atomic mass is 28.4. The predicted molar refractivity (Wildman–Crippen MR) is 188 cm³/mol. The number of benzene rings is 1. The molecule has 2 aromatic heterocycles. The van der Waals surface area contributed by atoms with Gasteiger partial charge in [0.05, 0.1) is 34.2 Å². The molecule has 286 valence electrons. The summed E-state index contributed by atoms with van der Waals surface area (Å²) >= 11 is 0. The van der Waals surface area contributed by atoms with E-state index in [0.29, 0.717) is 30.4 Å². The Labute approximate surface area is 301 Å². The molecule has 1 fully saturated rings. The van der Waals surface area contributed by atoms with Crippen molar-refractivity contribution in [1.82, 2.24) is 19.7 Å². The first-order valence-corrected chi connectivity index (χ1v) is 20.3. The second-order valence-electron chi connectivity index (χ2n) is 16.8. The summed E-state index contributed by atoms with van der Waals surface area (Å²) in [6.07, 6.45) is -4.22. The zero-order valence-electron chi connectivity index (χ0n) is 31.3. The first-order valence-electron chi connectivity index (χ1n) is 17.4. The van der Waals surface area contributed by atoms with E-state index in [2.05, 4.69) is 43.9 Å². The Morgan fingerprint density at radius 1 is 1.08 bits per heavy atom. The van der Waals surface area contributed by atoms with Gasteiger partial charge in [-0.1, -0.05) is 32.9 Å². The summed E-state index contributed by atoms with van der Waals surface area (Å²) in [5.41, 5.74) is -2.06. The van der Waals surface area contributed by atoms with Gasteiger partial charge >= 0.3 is 12.3 Å². The van der Waals surface area contributed by atoms with Crippen LogP contribution in [0.3, 0.4) is 0 Å². The maximum Gasteiger partial charge on any atom is 0.418 e. The Kier molecular flexibility index (Phi) is 10.4. The lowest BCUT2D eigenvalue weighted by molar-refractivity contribution is -0.136. The SMILES string of the molecule is C[C@H]1CC(c2ccc(C(F)F)nc2)=C[C@@H](COc2cc(C(F)(F)F)c3c(c2)c(F)nn3C2CC(C)(O[Si](C)(C)C(C)(C)C)C2)N1C(=O)OC(C)(C)C. The lowest BCUT2D eigenvalue weighted by atomic mass is 9.77. The van der Waals surface area contributed by atoms with Gasteiger partial charge in [-0.3, -0.25) is 14.6 Å². The predicted octanol–water partition coefficient (Wildman–Crippen LogP) is 10.5. The van der Waals surface area contributed by atoms with Crippen molar-refractivity contribution < 1.29 is 45.0 Å². The molecular formula is C37H48F6N4O4Si. The van der Waals surface area contributed by atoms with Crippen molar-refractivity contribution in [2.75, 3.05) is 6.61 Å². The van der Waals surface area contributed by atoms with Gasteiger partial charge in [-0.2, -0.15) is 17.6 Å². The van der Waals surface area contributed by atoms with E-state index in [1.165, 1.54) is 29.3 Å². The summed E-state index contributed by atoms with van der Waals surface area (Å²) in [5.74, 6) is -1.33. The zero-order valence-corrected chi connectivity index (χ0v) is 32.3. The normalized spacial score (nSPS) is 23.1. The van der Waals surface area contributed by atoms with Crippen LogP contribution < -0.4 is 4.74 Å². The van der Waals surface area contributed by atoms with Gasteiger partial charge in [0.2, 0.25) is 5.95 Å². The molecule has 1 aromatic carbocycles. The number of alkyl halides is 5. The molecule has 2 aliphatic rings. The topological polar surface area (TPSA) is 78.7 Å². The third kappa shape index (κ3) is 8.29. The minimum atomic E-state index is -4.88. The number of carbonyl (C=O) groups is 1. The number of halogens is 6. The quantitative estimate of drug-likeness (QED) is 0.168. The van der Waals surface area contributed by atoms with Crippen molar-refractivity contribution in [3.05, 3.63) is 59.3 Å². The summed E-state index contributed by atoms with van der Waals surface area (Å²) in [7, 11) is -2.19. The van der Waals surface area contributed by atoms with Crippen LogP contribution in [0.2, 0.25) is 18.1 Å². The summed E-state index contributed by atoms with van der Waals surface area (Å²) < 4.78 is 105. The minimum absolute atomic E-state index is 0.0678. The van der Waals surface area contributed by atoms with Crippen LogP contribution in [0.4, 0.5) is 31.1 Å².